The van der Waals surface area contributed by atoms with E-state index in [1.54, 1.807) is 0 Å². The smallest absolute Gasteiger partial charge is 0.308 e. The number of rotatable bonds is 6. The quantitative estimate of drug-likeness (QED) is 0.365. The summed E-state index contributed by atoms with van der Waals surface area (Å²) in [6.45, 7) is 4.38. The molecule has 0 N–H and O–H groups in total. The monoisotopic (exact) mass is 422 g/mol. The molecule has 2 aromatic carbocycles. The van der Waals surface area contributed by atoms with Gasteiger partial charge in [-0.2, -0.15) is 0 Å². The molecule has 0 radical (unpaired) electrons. The highest BCUT2D eigenvalue weighted by atomic mass is 35.5. The van der Waals surface area contributed by atoms with Crippen molar-refractivity contribution in [3.05, 3.63) is 76.1 Å². The fraction of sp³-hybridized carbons (Fsp3) is 0.292. The topological polar surface area (TPSA) is 64.7 Å². The van der Waals surface area contributed by atoms with E-state index in [4.69, 9.17) is 25.9 Å². The van der Waals surface area contributed by atoms with E-state index in [-0.39, 0.29) is 12.4 Å². The Balaban J connectivity index is 1.81. The minimum atomic E-state index is -0.520. The zero-order chi connectivity index (χ0) is 21.1. The number of aryl methyl sites for hydroxylation is 1. The number of carbonyl (C=O) groups excluding carboxylic acids is 1. The van der Waals surface area contributed by atoms with Crippen molar-refractivity contribution in [3.8, 4) is 11.1 Å². The van der Waals surface area contributed by atoms with Crippen LogP contribution >= 0.6 is 11.6 Å². The normalized spacial score (nSPS) is 15.0. The van der Waals surface area contributed by atoms with E-state index < -0.39 is 6.04 Å². The Labute approximate surface area is 180 Å². The van der Waals surface area contributed by atoms with E-state index in [9.17, 15) is 4.79 Å². The molecule has 6 heteroatoms. The standard InChI is InChI=1S/C24H23ClN2O3/c1-3-4-13-29-21(28)14-20-24-22(15(2)27-30-24)18-7-5-6-8-19(18)23(26-20)16-9-11-17(25)12-10-16/h5-12,20H,3-4,13-14H2,1-2H3/t20-/m1/s1. The van der Waals surface area contributed by atoms with Gasteiger partial charge in [0.25, 0.3) is 0 Å². The van der Waals surface area contributed by atoms with Crippen molar-refractivity contribution in [2.45, 2.75) is 39.2 Å². The van der Waals surface area contributed by atoms with Crippen LogP contribution in [0.25, 0.3) is 11.1 Å². The number of aromatic nitrogens is 1. The van der Waals surface area contributed by atoms with Crippen LogP contribution in [0.15, 0.2) is 58.0 Å². The first-order valence-electron chi connectivity index (χ1n) is 10.1. The van der Waals surface area contributed by atoms with Crippen molar-refractivity contribution >= 4 is 23.3 Å². The van der Waals surface area contributed by atoms with Gasteiger partial charge in [0.15, 0.2) is 5.76 Å². The summed E-state index contributed by atoms with van der Waals surface area (Å²) in [5.41, 5.74) is 5.33. The molecule has 154 valence electrons. The second-order valence-electron chi connectivity index (χ2n) is 7.33. The predicted molar refractivity (Wildman–Crippen MR) is 117 cm³/mol. The third-order valence-electron chi connectivity index (χ3n) is 5.17. The second kappa shape index (κ2) is 8.84. The van der Waals surface area contributed by atoms with Gasteiger partial charge in [-0.1, -0.05) is 66.5 Å². The van der Waals surface area contributed by atoms with Crippen molar-refractivity contribution in [3.63, 3.8) is 0 Å². The minimum Gasteiger partial charge on any atom is -0.466 e. The average molecular weight is 423 g/mol. The van der Waals surface area contributed by atoms with Gasteiger partial charge in [-0.3, -0.25) is 9.79 Å². The number of carbonyl (C=O) groups is 1. The van der Waals surface area contributed by atoms with Gasteiger partial charge in [0.2, 0.25) is 0 Å². The summed E-state index contributed by atoms with van der Waals surface area (Å²) in [6, 6.07) is 15.1. The van der Waals surface area contributed by atoms with Crippen LogP contribution in [0.4, 0.5) is 0 Å². The van der Waals surface area contributed by atoms with Crippen LogP contribution in [0.2, 0.25) is 5.02 Å². The molecule has 0 amide bonds. The number of halogens is 1. The summed E-state index contributed by atoms with van der Waals surface area (Å²) >= 11 is 6.09. The molecular formula is C24H23ClN2O3. The van der Waals surface area contributed by atoms with E-state index in [0.717, 1.165) is 46.5 Å². The predicted octanol–water partition coefficient (Wildman–Crippen LogP) is 5.93. The Bertz CT molecular complexity index is 1090. The molecule has 0 bridgehead atoms. The molecule has 0 saturated heterocycles. The first-order chi connectivity index (χ1) is 14.6. The first kappa shape index (κ1) is 20.4. The van der Waals surface area contributed by atoms with Gasteiger partial charge in [-0.15, -0.1) is 0 Å². The number of benzene rings is 2. The Morgan fingerprint density at radius 1 is 1.13 bits per heavy atom. The second-order valence-corrected chi connectivity index (χ2v) is 7.77. The average Bonchev–Trinajstić information content (AvgIpc) is 3.07. The van der Waals surface area contributed by atoms with Crippen molar-refractivity contribution < 1.29 is 14.1 Å². The fourth-order valence-electron chi connectivity index (χ4n) is 3.66. The zero-order valence-electron chi connectivity index (χ0n) is 17.0. The van der Waals surface area contributed by atoms with Crippen LogP contribution in [0.3, 0.4) is 0 Å². The van der Waals surface area contributed by atoms with Crippen molar-refractivity contribution in [1.82, 2.24) is 5.16 Å². The number of fused-ring (bicyclic) bond motifs is 3. The highest BCUT2D eigenvalue weighted by Crippen LogP contribution is 2.40. The molecule has 0 spiro atoms. The lowest BCUT2D eigenvalue weighted by Crippen LogP contribution is -2.12. The summed E-state index contributed by atoms with van der Waals surface area (Å²) in [6.07, 6.45) is 1.90. The van der Waals surface area contributed by atoms with Gasteiger partial charge in [0.05, 0.1) is 30.0 Å². The zero-order valence-corrected chi connectivity index (χ0v) is 17.8. The summed E-state index contributed by atoms with van der Waals surface area (Å²) in [5.74, 6) is 0.301. The third-order valence-corrected chi connectivity index (χ3v) is 5.42. The van der Waals surface area contributed by atoms with Gasteiger partial charge < -0.3 is 9.26 Å². The maximum atomic E-state index is 12.5. The van der Waals surface area contributed by atoms with Crippen LogP contribution in [0.1, 0.15) is 54.8 Å². The van der Waals surface area contributed by atoms with Crippen LogP contribution in [-0.4, -0.2) is 23.4 Å². The van der Waals surface area contributed by atoms with Crippen molar-refractivity contribution in [2.75, 3.05) is 6.61 Å². The molecule has 2 heterocycles. The molecule has 1 aliphatic rings. The van der Waals surface area contributed by atoms with E-state index in [2.05, 4.69) is 12.1 Å². The number of aliphatic imine (C=N–C) groups is 1. The van der Waals surface area contributed by atoms with Gasteiger partial charge in [0, 0.05) is 16.1 Å². The molecule has 5 nitrogen and oxygen atoms in total. The molecule has 4 rings (SSSR count). The van der Waals surface area contributed by atoms with Crippen LogP contribution in [-0.2, 0) is 9.53 Å². The maximum Gasteiger partial charge on any atom is 0.308 e. The lowest BCUT2D eigenvalue weighted by molar-refractivity contribution is -0.144. The Hall–Kier alpha value is -2.92. The Kier molecular flexibility index (Phi) is 6.00. The van der Waals surface area contributed by atoms with Gasteiger partial charge >= 0.3 is 5.97 Å². The number of hydrogen-bond acceptors (Lipinski definition) is 5. The van der Waals surface area contributed by atoms with Crippen LogP contribution in [0.5, 0.6) is 0 Å². The molecule has 3 aromatic rings. The van der Waals surface area contributed by atoms with E-state index in [1.165, 1.54) is 0 Å². The third kappa shape index (κ3) is 4.03. The molecule has 0 unspecified atom stereocenters. The Morgan fingerprint density at radius 3 is 2.60 bits per heavy atom. The number of esters is 1. The molecule has 30 heavy (non-hydrogen) atoms. The summed E-state index contributed by atoms with van der Waals surface area (Å²) < 4.78 is 11.1. The highest BCUT2D eigenvalue weighted by molar-refractivity contribution is 6.30. The molecule has 1 aromatic heterocycles. The van der Waals surface area contributed by atoms with Gasteiger partial charge in [-0.05, 0) is 31.0 Å². The van der Waals surface area contributed by atoms with Crippen molar-refractivity contribution in [2.24, 2.45) is 4.99 Å². The maximum absolute atomic E-state index is 12.5. The summed E-state index contributed by atoms with van der Waals surface area (Å²) in [7, 11) is 0. The molecule has 0 aliphatic carbocycles. The van der Waals surface area contributed by atoms with Gasteiger partial charge in [0.1, 0.15) is 6.04 Å². The molecule has 1 aliphatic heterocycles. The SMILES string of the molecule is CCCCOC(=O)C[C@H]1N=C(c2ccc(Cl)cc2)c2ccccc2-c2c(C)noc21. The lowest BCUT2D eigenvalue weighted by Gasteiger charge is -2.12. The number of nitrogens with zero attached hydrogens (tertiary/aromatic N) is 2. The van der Waals surface area contributed by atoms with E-state index in [1.807, 2.05) is 55.5 Å². The largest absolute Gasteiger partial charge is 0.466 e. The Morgan fingerprint density at radius 2 is 1.87 bits per heavy atom. The minimum absolute atomic E-state index is 0.0937. The van der Waals surface area contributed by atoms with Gasteiger partial charge in [-0.25, -0.2) is 0 Å². The number of unbranched alkanes of at least 4 members (excludes halogenated alkanes) is 1. The fourth-order valence-corrected chi connectivity index (χ4v) is 3.78. The number of hydrogen-bond donors (Lipinski definition) is 0. The highest BCUT2D eigenvalue weighted by Gasteiger charge is 2.31. The molecule has 0 saturated carbocycles. The molecule has 1 atom stereocenters. The summed E-state index contributed by atoms with van der Waals surface area (Å²) in [4.78, 5) is 17.5. The van der Waals surface area contributed by atoms with Crippen LogP contribution in [0, 0.1) is 6.92 Å². The summed E-state index contributed by atoms with van der Waals surface area (Å²) in [5, 5.41) is 4.82. The molecular weight excluding hydrogens is 400 g/mol. The first-order valence-corrected chi connectivity index (χ1v) is 10.5. The van der Waals surface area contributed by atoms with E-state index >= 15 is 0 Å². The lowest BCUT2D eigenvalue weighted by atomic mass is 9.93. The van der Waals surface area contributed by atoms with E-state index in [0.29, 0.717) is 17.4 Å². The molecule has 0 fully saturated rings. The van der Waals surface area contributed by atoms with Crippen molar-refractivity contribution in [1.29, 1.82) is 0 Å². The van der Waals surface area contributed by atoms with Crippen LogP contribution < -0.4 is 0 Å². The number of ether oxygens (including phenoxy) is 1.